The molecule has 25 heavy (non-hydrogen) atoms. The second-order valence-electron chi connectivity index (χ2n) is 5.25. The fourth-order valence-electron chi connectivity index (χ4n) is 2.13. The van der Waals surface area contributed by atoms with Gasteiger partial charge in [-0.05, 0) is 31.0 Å². The Kier molecular flexibility index (Phi) is 7.31. The number of carbonyl (C=O) groups excluding carboxylic acids is 2. The van der Waals surface area contributed by atoms with Gasteiger partial charge in [-0.2, -0.15) is 0 Å². The zero-order valence-electron chi connectivity index (χ0n) is 14.2. The van der Waals surface area contributed by atoms with E-state index in [0.29, 0.717) is 30.9 Å². The lowest BCUT2D eigenvalue weighted by Gasteiger charge is -2.12. The van der Waals surface area contributed by atoms with E-state index in [4.69, 9.17) is 9.47 Å². The predicted octanol–water partition coefficient (Wildman–Crippen LogP) is 2.24. The Morgan fingerprint density at radius 2 is 1.44 bits per heavy atom. The summed E-state index contributed by atoms with van der Waals surface area (Å²) in [6.07, 6.45) is 0.902. The van der Waals surface area contributed by atoms with Crippen LogP contribution in [0.5, 0.6) is 11.5 Å². The van der Waals surface area contributed by atoms with Gasteiger partial charge >= 0.3 is 0 Å². The van der Waals surface area contributed by atoms with E-state index in [-0.39, 0.29) is 12.5 Å². The van der Waals surface area contributed by atoms with E-state index in [1.807, 2.05) is 43.3 Å². The van der Waals surface area contributed by atoms with Crippen LogP contribution in [0, 0.1) is 0 Å². The highest BCUT2D eigenvalue weighted by atomic mass is 16.5. The van der Waals surface area contributed by atoms with Gasteiger partial charge in [-0.15, -0.1) is 0 Å². The summed E-state index contributed by atoms with van der Waals surface area (Å²) in [4.78, 5) is 23.5. The summed E-state index contributed by atoms with van der Waals surface area (Å²) < 4.78 is 10.8. The molecular weight excluding hydrogens is 320 g/mol. The molecule has 0 saturated carbocycles. The Morgan fingerprint density at radius 3 is 2.12 bits per heavy atom. The molecule has 2 rings (SSSR count). The summed E-state index contributed by atoms with van der Waals surface area (Å²) in [6.45, 7) is 2.15. The minimum Gasteiger partial charge on any atom is -0.490 e. The Hall–Kier alpha value is -3.02. The molecule has 0 radical (unpaired) electrons. The van der Waals surface area contributed by atoms with Crippen molar-refractivity contribution in [1.29, 1.82) is 0 Å². The molecular formula is C19H22N2O4. The molecule has 2 aromatic rings. The lowest BCUT2D eigenvalue weighted by atomic mass is 10.1. The third kappa shape index (κ3) is 6.55. The van der Waals surface area contributed by atoms with Gasteiger partial charge in [0.25, 0.3) is 5.91 Å². The number of amides is 2. The predicted molar refractivity (Wildman–Crippen MR) is 94.2 cm³/mol. The molecule has 0 fully saturated rings. The molecule has 6 heteroatoms. The summed E-state index contributed by atoms with van der Waals surface area (Å²) in [5.41, 5.74) is 5.78. The fraction of sp³-hybridized carbons (Fsp3) is 0.263. The lowest BCUT2D eigenvalue weighted by Crippen LogP contribution is -2.43. The van der Waals surface area contributed by atoms with Crippen LogP contribution in [0.3, 0.4) is 0 Å². The van der Waals surface area contributed by atoms with E-state index in [9.17, 15) is 9.59 Å². The van der Waals surface area contributed by atoms with Crippen LogP contribution >= 0.6 is 0 Å². The molecule has 132 valence electrons. The smallest absolute Gasteiger partial charge is 0.276 e. The Morgan fingerprint density at radius 1 is 0.840 bits per heavy atom. The minimum atomic E-state index is -0.445. The number of benzene rings is 2. The molecule has 2 N–H and O–H groups in total. The molecule has 0 aliphatic carbocycles. The van der Waals surface area contributed by atoms with Gasteiger partial charge in [-0.1, -0.05) is 42.5 Å². The summed E-state index contributed by atoms with van der Waals surface area (Å²) in [5, 5.41) is 0. The third-order valence-electron chi connectivity index (χ3n) is 3.33. The standard InChI is InChI=1S/C19H22N2O4/c1-2-24-16-10-6-7-11-17(16)25-14-19(23)21-20-18(22)13-12-15-8-4-3-5-9-15/h3-11H,2,12-14H2,1H3,(H,20,22)(H,21,23). The lowest BCUT2D eigenvalue weighted by molar-refractivity contribution is -0.130. The van der Waals surface area contributed by atoms with Gasteiger partial charge in [-0.25, -0.2) is 0 Å². The average molecular weight is 342 g/mol. The highest BCUT2D eigenvalue weighted by Crippen LogP contribution is 2.26. The topological polar surface area (TPSA) is 76.7 Å². The van der Waals surface area contributed by atoms with Gasteiger partial charge in [0, 0.05) is 6.42 Å². The number of para-hydroxylation sites is 2. The first-order chi connectivity index (χ1) is 12.2. The molecule has 0 saturated heterocycles. The number of ether oxygens (including phenoxy) is 2. The van der Waals surface area contributed by atoms with Crippen molar-refractivity contribution < 1.29 is 19.1 Å². The van der Waals surface area contributed by atoms with Crippen molar-refractivity contribution in [3.63, 3.8) is 0 Å². The number of rotatable bonds is 8. The Labute approximate surface area is 147 Å². The van der Waals surface area contributed by atoms with Gasteiger partial charge in [0.1, 0.15) is 0 Å². The van der Waals surface area contributed by atoms with Crippen LogP contribution in [0.15, 0.2) is 54.6 Å². The first-order valence-electron chi connectivity index (χ1n) is 8.15. The highest BCUT2D eigenvalue weighted by Gasteiger charge is 2.08. The summed E-state index contributed by atoms with van der Waals surface area (Å²) in [6, 6.07) is 16.8. The monoisotopic (exact) mass is 342 g/mol. The van der Waals surface area contributed by atoms with Gasteiger partial charge in [0.15, 0.2) is 18.1 Å². The van der Waals surface area contributed by atoms with Crippen LogP contribution in [0.4, 0.5) is 0 Å². The van der Waals surface area contributed by atoms with Crippen LogP contribution in [0.1, 0.15) is 18.9 Å². The number of hydrogen-bond acceptors (Lipinski definition) is 4. The zero-order chi connectivity index (χ0) is 17.9. The number of aryl methyl sites for hydroxylation is 1. The van der Waals surface area contributed by atoms with Crippen LogP contribution in [-0.2, 0) is 16.0 Å². The normalized spacial score (nSPS) is 9.96. The largest absolute Gasteiger partial charge is 0.490 e. The molecule has 0 aliphatic heterocycles. The molecule has 6 nitrogen and oxygen atoms in total. The number of nitrogens with one attached hydrogen (secondary N) is 2. The molecule has 0 aromatic heterocycles. The molecule has 2 amide bonds. The van der Waals surface area contributed by atoms with Crippen molar-refractivity contribution in [2.45, 2.75) is 19.8 Å². The van der Waals surface area contributed by atoms with Gasteiger partial charge in [0.2, 0.25) is 5.91 Å². The second-order valence-corrected chi connectivity index (χ2v) is 5.25. The fourth-order valence-corrected chi connectivity index (χ4v) is 2.13. The number of hydrogen-bond donors (Lipinski definition) is 2. The summed E-state index contributed by atoms with van der Waals surface area (Å²) >= 11 is 0. The highest BCUT2D eigenvalue weighted by molar-refractivity contribution is 5.82. The van der Waals surface area contributed by atoms with Crippen molar-refractivity contribution >= 4 is 11.8 Å². The first kappa shape index (κ1) is 18.3. The van der Waals surface area contributed by atoms with E-state index in [1.54, 1.807) is 18.2 Å². The maximum Gasteiger partial charge on any atom is 0.276 e. The molecule has 2 aromatic carbocycles. The van der Waals surface area contributed by atoms with E-state index < -0.39 is 5.91 Å². The first-order valence-corrected chi connectivity index (χ1v) is 8.15. The van der Waals surface area contributed by atoms with Gasteiger partial charge in [-0.3, -0.25) is 20.4 Å². The Bertz CT molecular complexity index is 689. The molecule has 0 aliphatic rings. The average Bonchev–Trinajstić information content (AvgIpc) is 2.65. The van der Waals surface area contributed by atoms with Crippen molar-refractivity contribution in [1.82, 2.24) is 10.9 Å². The zero-order valence-corrected chi connectivity index (χ0v) is 14.2. The summed E-state index contributed by atoms with van der Waals surface area (Å²) in [7, 11) is 0. The van der Waals surface area contributed by atoms with E-state index in [2.05, 4.69) is 10.9 Å². The van der Waals surface area contributed by atoms with E-state index in [1.165, 1.54) is 0 Å². The quantitative estimate of drug-likeness (QED) is 0.722. The minimum absolute atomic E-state index is 0.219. The molecule has 0 atom stereocenters. The molecule has 0 heterocycles. The van der Waals surface area contributed by atoms with Crippen LogP contribution in [0.2, 0.25) is 0 Å². The molecule has 0 bridgehead atoms. The van der Waals surface area contributed by atoms with Crippen LogP contribution in [0.25, 0.3) is 0 Å². The molecule has 0 spiro atoms. The summed E-state index contributed by atoms with van der Waals surface area (Å²) in [5.74, 6) is 0.353. The van der Waals surface area contributed by atoms with Crippen LogP contribution < -0.4 is 20.3 Å². The third-order valence-corrected chi connectivity index (χ3v) is 3.33. The van der Waals surface area contributed by atoms with E-state index in [0.717, 1.165) is 5.56 Å². The van der Waals surface area contributed by atoms with Crippen LogP contribution in [-0.4, -0.2) is 25.0 Å². The molecule has 0 unspecified atom stereocenters. The maximum absolute atomic E-state index is 11.8. The van der Waals surface area contributed by atoms with Crippen molar-refractivity contribution in [2.75, 3.05) is 13.2 Å². The van der Waals surface area contributed by atoms with Gasteiger partial charge in [0.05, 0.1) is 6.61 Å². The van der Waals surface area contributed by atoms with Crippen molar-refractivity contribution in [3.8, 4) is 11.5 Å². The SMILES string of the molecule is CCOc1ccccc1OCC(=O)NNC(=O)CCc1ccccc1. The van der Waals surface area contributed by atoms with Crippen molar-refractivity contribution in [3.05, 3.63) is 60.2 Å². The van der Waals surface area contributed by atoms with Crippen molar-refractivity contribution in [2.24, 2.45) is 0 Å². The number of hydrazine groups is 1. The Balaban J connectivity index is 1.69. The van der Waals surface area contributed by atoms with E-state index >= 15 is 0 Å². The number of carbonyl (C=O) groups is 2. The second kappa shape index (κ2) is 9.97. The maximum atomic E-state index is 11.8. The van der Waals surface area contributed by atoms with Gasteiger partial charge < -0.3 is 9.47 Å².